The van der Waals surface area contributed by atoms with Gasteiger partial charge in [-0.3, -0.25) is 0 Å². The van der Waals surface area contributed by atoms with Crippen molar-refractivity contribution in [3.05, 3.63) is 63.9 Å². The highest BCUT2D eigenvalue weighted by atomic mass is 35.5. The van der Waals surface area contributed by atoms with Crippen LogP contribution < -0.4 is 20.9 Å². The van der Waals surface area contributed by atoms with E-state index in [0.29, 0.717) is 23.3 Å². The summed E-state index contributed by atoms with van der Waals surface area (Å²) >= 11 is 12.3. The number of quaternary nitrogens is 1. The van der Waals surface area contributed by atoms with E-state index in [1.54, 1.807) is 0 Å². The fraction of sp³-hybridized carbons (Fsp3) is 0.286. The number of benzene rings is 2. The van der Waals surface area contributed by atoms with Gasteiger partial charge in [-0.2, -0.15) is 15.0 Å². The Bertz CT molecular complexity index is 1040. The molecule has 0 radical (unpaired) electrons. The van der Waals surface area contributed by atoms with Crippen LogP contribution in [0.3, 0.4) is 0 Å². The molecule has 7 nitrogen and oxygen atoms in total. The van der Waals surface area contributed by atoms with Crippen LogP contribution in [0.2, 0.25) is 10.0 Å². The molecule has 2 aromatic carbocycles. The predicted octanol–water partition coefficient (Wildman–Crippen LogP) is 2.72. The van der Waals surface area contributed by atoms with Crippen molar-refractivity contribution in [2.75, 3.05) is 42.1 Å². The Morgan fingerprint density at radius 3 is 2.60 bits per heavy atom. The van der Waals surface area contributed by atoms with Crippen LogP contribution in [0, 0.1) is 6.92 Å². The van der Waals surface area contributed by atoms with E-state index in [9.17, 15) is 0 Å². The number of halogens is 2. The van der Waals surface area contributed by atoms with Gasteiger partial charge in [-0.15, -0.1) is 0 Å². The lowest BCUT2D eigenvalue weighted by Crippen LogP contribution is -3.13. The molecule has 30 heavy (non-hydrogen) atoms. The molecule has 1 saturated heterocycles. The van der Waals surface area contributed by atoms with E-state index >= 15 is 0 Å². The highest BCUT2D eigenvalue weighted by molar-refractivity contribution is 6.31. The molecule has 0 amide bonds. The Balaban J connectivity index is 1.39. The lowest BCUT2D eigenvalue weighted by atomic mass is 10.2. The van der Waals surface area contributed by atoms with Gasteiger partial charge in [0.25, 0.3) is 0 Å². The number of nitrogen functional groups attached to an aromatic ring is 1. The molecule has 9 heteroatoms. The van der Waals surface area contributed by atoms with Crippen molar-refractivity contribution in [2.24, 2.45) is 0 Å². The number of rotatable bonds is 5. The summed E-state index contributed by atoms with van der Waals surface area (Å²) < 4.78 is 0. The summed E-state index contributed by atoms with van der Waals surface area (Å²) in [5.74, 6) is 1.31. The standard InChI is InChI=1S/C21H23Cl2N7/c1-14-5-6-16(12-18(14)23)25-21-27-19(26-20(24)28-21)13-29-7-9-30(10-8-29)17-4-2-3-15(22)11-17/h2-6,11-12H,7-10,13H2,1H3,(H3,24,25,26,27,28)/p+1. The SMILES string of the molecule is Cc1ccc(Nc2nc(N)nc(C[NH+]3CCN(c4cccc(Cl)c4)CC3)n2)cc1Cl. The monoisotopic (exact) mass is 444 g/mol. The third-order valence-corrected chi connectivity index (χ3v) is 5.82. The van der Waals surface area contributed by atoms with Crippen molar-refractivity contribution in [1.29, 1.82) is 0 Å². The minimum atomic E-state index is 0.206. The highest BCUT2D eigenvalue weighted by Gasteiger charge is 2.22. The minimum Gasteiger partial charge on any atom is -0.368 e. The lowest BCUT2D eigenvalue weighted by Gasteiger charge is -2.33. The fourth-order valence-electron chi connectivity index (χ4n) is 3.53. The Morgan fingerprint density at radius 1 is 1.07 bits per heavy atom. The molecular weight excluding hydrogens is 421 g/mol. The van der Waals surface area contributed by atoms with Crippen molar-refractivity contribution >= 4 is 46.5 Å². The minimum absolute atomic E-state index is 0.206. The molecule has 3 aromatic rings. The maximum atomic E-state index is 6.20. The zero-order chi connectivity index (χ0) is 21.1. The zero-order valence-corrected chi connectivity index (χ0v) is 18.2. The molecule has 0 atom stereocenters. The van der Waals surface area contributed by atoms with Crippen LogP contribution in [0.5, 0.6) is 0 Å². The number of nitrogens with two attached hydrogens (primary N) is 1. The molecule has 0 spiro atoms. The van der Waals surface area contributed by atoms with Gasteiger partial charge in [0, 0.05) is 21.4 Å². The van der Waals surface area contributed by atoms with E-state index in [0.717, 1.165) is 48.1 Å². The van der Waals surface area contributed by atoms with Gasteiger partial charge in [0.15, 0.2) is 5.82 Å². The van der Waals surface area contributed by atoms with Gasteiger partial charge in [-0.05, 0) is 42.8 Å². The third-order valence-electron chi connectivity index (χ3n) is 5.18. The Morgan fingerprint density at radius 2 is 1.87 bits per heavy atom. The first-order chi connectivity index (χ1) is 14.5. The second-order valence-electron chi connectivity index (χ2n) is 7.42. The van der Waals surface area contributed by atoms with Crippen LogP contribution in [0.25, 0.3) is 0 Å². The van der Waals surface area contributed by atoms with Gasteiger partial charge < -0.3 is 20.9 Å². The van der Waals surface area contributed by atoms with Crippen LogP contribution in [0.4, 0.5) is 23.3 Å². The number of nitrogens with one attached hydrogen (secondary N) is 2. The molecule has 4 rings (SSSR count). The summed E-state index contributed by atoms with van der Waals surface area (Å²) in [7, 11) is 0. The molecule has 4 N–H and O–H groups in total. The van der Waals surface area contributed by atoms with Crippen molar-refractivity contribution in [2.45, 2.75) is 13.5 Å². The van der Waals surface area contributed by atoms with Crippen LogP contribution in [0.1, 0.15) is 11.4 Å². The first kappa shape index (κ1) is 20.7. The molecule has 156 valence electrons. The van der Waals surface area contributed by atoms with Gasteiger partial charge >= 0.3 is 0 Å². The summed E-state index contributed by atoms with van der Waals surface area (Å²) in [6.45, 7) is 6.51. The zero-order valence-electron chi connectivity index (χ0n) is 16.7. The summed E-state index contributed by atoms with van der Waals surface area (Å²) in [6, 6.07) is 13.7. The van der Waals surface area contributed by atoms with Crippen molar-refractivity contribution in [3.8, 4) is 0 Å². The molecule has 0 saturated carbocycles. The van der Waals surface area contributed by atoms with Crippen LogP contribution >= 0.6 is 23.2 Å². The molecule has 2 heterocycles. The molecule has 1 aromatic heterocycles. The van der Waals surface area contributed by atoms with Crippen molar-refractivity contribution in [1.82, 2.24) is 15.0 Å². The predicted molar refractivity (Wildman–Crippen MR) is 122 cm³/mol. The smallest absolute Gasteiger partial charge is 0.232 e. The Labute approximate surface area is 185 Å². The number of aryl methyl sites for hydroxylation is 1. The fourth-order valence-corrected chi connectivity index (χ4v) is 3.89. The average molecular weight is 445 g/mol. The van der Waals surface area contributed by atoms with Gasteiger partial charge in [0.05, 0.1) is 26.2 Å². The number of hydrogen-bond donors (Lipinski definition) is 3. The quantitative estimate of drug-likeness (QED) is 0.560. The van der Waals surface area contributed by atoms with Crippen LogP contribution in [-0.4, -0.2) is 41.1 Å². The number of anilines is 4. The molecule has 0 aliphatic carbocycles. The van der Waals surface area contributed by atoms with Crippen molar-refractivity contribution < 1.29 is 4.90 Å². The number of nitrogens with zero attached hydrogens (tertiary/aromatic N) is 4. The van der Waals surface area contributed by atoms with E-state index in [1.807, 2.05) is 43.3 Å². The molecule has 1 fully saturated rings. The van der Waals surface area contributed by atoms with E-state index < -0.39 is 0 Å². The Hall–Kier alpha value is -2.61. The van der Waals surface area contributed by atoms with Gasteiger partial charge in [-0.25, -0.2) is 0 Å². The van der Waals surface area contributed by atoms with Crippen LogP contribution in [0.15, 0.2) is 42.5 Å². The number of hydrogen-bond acceptors (Lipinski definition) is 6. The van der Waals surface area contributed by atoms with Gasteiger partial charge in [0.1, 0.15) is 6.54 Å². The van der Waals surface area contributed by atoms with Crippen molar-refractivity contribution in [3.63, 3.8) is 0 Å². The second-order valence-corrected chi connectivity index (χ2v) is 8.26. The first-order valence-electron chi connectivity index (χ1n) is 9.84. The Kier molecular flexibility index (Phi) is 6.22. The molecular formula is C21H24Cl2N7+. The average Bonchev–Trinajstić information content (AvgIpc) is 2.71. The normalized spacial score (nSPS) is 14.7. The lowest BCUT2D eigenvalue weighted by molar-refractivity contribution is -0.915. The van der Waals surface area contributed by atoms with E-state index in [2.05, 4.69) is 31.2 Å². The maximum absolute atomic E-state index is 6.20. The molecule has 0 unspecified atom stereocenters. The summed E-state index contributed by atoms with van der Waals surface area (Å²) in [5.41, 5.74) is 8.91. The van der Waals surface area contributed by atoms with Gasteiger partial charge in [-0.1, -0.05) is 35.3 Å². The summed E-state index contributed by atoms with van der Waals surface area (Å²) in [6.07, 6.45) is 0. The molecule has 1 aliphatic rings. The largest absolute Gasteiger partial charge is 0.368 e. The topological polar surface area (TPSA) is 84.4 Å². The van der Waals surface area contributed by atoms with Crippen LogP contribution in [-0.2, 0) is 6.54 Å². The maximum Gasteiger partial charge on any atom is 0.232 e. The van der Waals surface area contributed by atoms with Gasteiger partial charge in [0.2, 0.25) is 11.9 Å². The van der Waals surface area contributed by atoms with E-state index in [4.69, 9.17) is 28.9 Å². The summed E-state index contributed by atoms with van der Waals surface area (Å²) in [4.78, 5) is 16.8. The first-order valence-corrected chi connectivity index (χ1v) is 10.6. The molecule has 0 bridgehead atoms. The van der Waals surface area contributed by atoms with E-state index in [-0.39, 0.29) is 5.95 Å². The number of aromatic nitrogens is 3. The highest BCUT2D eigenvalue weighted by Crippen LogP contribution is 2.22. The second kappa shape index (κ2) is 9.04. The summed E-state index contributed by atoms with van der Waals surface area (Å²) in [5, 5.41) is 4.61. The third kappa shape index (κ3) is 5.11. The molecule has 1 aliphatic heterocycles. The number of piperazine rings is 1. The van der Waals surface area contributed by atoms with E-state index in [1.165, 1.54) is 4.90 Å².